The standard InChI is InChI=1S/C15H25N/c16-8-11-6-14(7-11)15-12-2-9-1-10(4-12)5-13(15)3-9/h9-15H,1-8,16H2. The van der Waals surface area contributed by atoms with Crippen molar-refractivity contribution in [3.63, 3.8) is 0 Å². The molecule has 5 saturated carbocycles. The first-order valence-corrected chi connectivity index (χ1v) is 7.53. The van der Waals surface area contributed by atoms with Gasteiger partial charge in [0.25, 0.3) is 0 Å². The van der Waals surface area contributed by atoms with Crippen molar-refractivity contribution in [3.05, 3.63) is 0 Å². The lowest BCUT2D eigenvalue weighted by Gasteiger charge is -2.59. The molecule has 0 aromatic heterocycles. The van der Waals surface area contributed by atoms with E-state index in [2.05, 4.69) is 0 Å². The molecule has 0 saturated heterocycles. The summed E-state index contributed by atoms with van der Waals surface area (Å²) in [5.41, 5.74) is 5.77. The van der Waals surface area contributed by atoms with Gasteiger partial charge in [-0.25, -0.2) is 0 Å². The average molecular weight is 219 g/mol. The highest BCUT2D eigenvalue weighted by Gasteiger charge is 2.52. The Morgan fingerprint density at radius 3 is 1.69 bits per heavy atom. The Morgan fingerprint density at radius 2 is 1.19 bits per heavy atom. The van der Waals surface area contributed by atoms with Crippen LogP contribution in [-0.4, -0.2) is 6.54 Å². The molecule has 0 atom stereocenters. The summed E-state index contributed by atoms with van der Waals surface area (Å²) in [6.45, 7) is 0.948. The van der Waals surface area contributed by atoms with Crippen LogP contribution < -0.4 is 5.73 Å². The van der Waals surface area contributed by atoms with E-state index in [1.165, 1.54) is 12.8 Å². The van der Waals surface area contributed by atoms with Crippen LogP contribution in [0.15, 0.2) is 0 Å². The second-order valence-electron chi connectivity index (χ2n) is 7.34. The molecule has 5 aliphatic rings. The van der Waals surface area contributed by atoms with E-state index in [1.807, 2.05) is 0 Å². The van der Waals surface area contributed by atoms with Crippen molar-refractivity contribution in [1.82, 2.24) is 0 Å². The Bertz CT molecular complexity index is 251. The van der Waals surface area contributed by atoms with Gasteiger partial charge in [0.2, 0.25) is 0 Å². The minimum atomic E-state index is 0.891. The van der Waals surface area contributed by atoms with Gasteiger partial charge in [-0.2, -0.15) is 0 Å². The lowest BCUT2D eigenvalue weighted by Crippen LogP contribution is -2.50. The Labute approximate surface area is 99.2 Å². The van der Waals surface area contributed by atoms with Gasteiger partial charge in [-0.3, -0.25) is 0 Å². The third kappa shape index (κ3) is 1.33. The number of nitrogens with two attached hydrogens (primary N) is 1. The molecule has 0 unspecified atom stereocenters. The zero-order valence-corrected chi connectivity index (χ0v) is 10.3. The van der Waals surface area contributed by atoms with Crippen LogP contribution in [0.3, 0.4) is 0 Å². The van der Waals surface area contributed by atoms with E-state index in [1.54, 1.807) is 32.1 Å². The Kier molecular flexibility index (Phi) is 2.16. The summed E-state index contributed by atoms with van der Waals surface area (Å²) in [6.07, 6.45) is 10.9. The van der Waals surface area contributed by atoms with Crippen molar-refractivity contribution >= 4 is 0 Å². The van der Waals surface area contributed by atoms with Crippen molar-refractivity contribution < 1.29 is 0 Å². The third-order valence-electron chi connectivity index (χ3n) is 6.45. The van der Waals surface area contributed by atoms with E-state index in [0.717, 1.165) is 48.0 Å². The first-order chi connectivity index (χ1) is 7.83. The maximum Gasteiger partial charge on any atom is -0.00487 e. The topological polar surface area (TPSA) is 26.0 Å². The van der Waals surface area contributed by atoms with Gasteiger partial charge in [0.15, 0.2) is 0 Å². The van der Waals surface area contributed by atoms with Crippen LogP contribution in [0.25, 0.3) is 0 Å². The monoisotopic (exact) mass is 219 g/mol. The van der Waals surface area contributed by atoms with Gasteiger partial charge in [0.1, 0.15) is 0 Å². The molecule has 0 radical (unpaired) electrons. The lowest BCUT2D eigenvalue weighted by molar-refractivity contribution is -0.0867. The van der Waals surface area contributed by atoms with Crippen LogP contribution in [0.5, 0.6) is 0 Å². The zero-order valence-electron chi connectivity index (χ0n) is 10.3. The fourth-order valence-electron chi connectivity index (χ4n) is 6.03. The third-order valence-corrected chi connectivity index (χ3v) is 6.45. The van der Waals surface area contributed by atoms with Crippen LogP contribution in [0.4, 0.5) is 0 Å². The van der Waals surface area contributed by atoms with Crippen molar-refractivity contribution in [2.24, 2.45) is 47.2 Å². The van der Waals surface area contributed by atoms with E-state index in [9.17, 15) is 0 Å². The molecule has 0 heterocycles. The minimum absolute atomic E-state index is 0.891. The van der Waals surface area contributed by atoms with E-state index >= 15 is 0 Å². The van der Waals surface area contributed by atoms with Gasteiger partial charge in [0.05, 0.1) is 0 Å². The number of hydrogen-bond acceptors (Lipinski definition) is 1. The molecule has 0 aromatic rings. The van der Waals surface area contributed by atoms with Crippen LogP contribution in [0.2, 0.25) is 0 Å². The molecule has 90 valence electrons. The zero-order chi connectivity index (χ0) is 10.7. The summed E-state index contributed by atoms with van der Waals surface area (Å²) >= 11 is 0. The lowest BCUT2D eigenvalue weighted by atomic mass is 9.47. The van der Waals surface area contributed by atoms with Gasteiger partial charge in [0, 0.05) is 0 Å². The molecule has 0 aliphatic heterocycles. The molecule has 4 bridgehead atoms. The summed E-state index contributed by atoms with van der Waals surface area (Å²) in [7, 11) is 0. The second-order valence-corrected chi connectivity index (χ2v) is 7.34. The summed E-state index contributed by atoms with van der Waals surface area (Å²) in [5, 5.41) is 0. The van der Waals surface area contributed by atoms with Crippen LogP contribution in [0.1, 0.15) is 44.9 Å². The van der Waals surface area contributed by atoms with E-state index in [-0.39, 0.29) is 0 Å². The molecule has 2 N–H and O–H groups in total. The smallest absolute Gasteiger partial charge is 0.00487 e. The minimum Gasteiger partial charge on any atom is -0.330 e. The predicted molar refractivity (Wildman–Crippen MR) is 65.8 cm³/mol. The Hall–Kier alpha value is -0.0400. The summed E-state index contributed by atoms with van der Waals surface area (Å²) in [4.78, 5) is 0. The molecular formula is C15H25N. The predicted octanol–water partition coefficient (Wildman–Crippen LogP) is 3.04. The largest absolute Gasteiger partial charge is 0.330 e. The summed E-state index contributed by atoms with van der Waals surface area (Å²) in [5.74, 6) is 7.68. The van der Waals surface area contributed by atoms with Crippen molar-refractivity contribution in [2.75, 3.05) is 6.54 Å². The molecule has 0 spiro atoms. The fraction of sp³-hybridized carbons (Fsp3) is 1.00. The van der Waals surface area contributed by atoms with Gasteiger partial charge in [-0.1, -0.05) is 0 Å². The normalized spacial score (nSPS) is 58.7. The van der Waals surface area contributed by atoms with Crippen LogP contribution in [0, 0.1) is 41.4 Å². The maximum absolute atomic E-state index is 5.77. The first kappa shape index (κ1) is 9.94. The van der Waals surface area contributed by atoms with Crippen molar-refractivity contribution in [2.45, 2.75) is 44.9 Å². The molecule has 0 amide bonds. The molecule has 1 heteroatoms. The van der Waals surface area contributed by atoms with Gasteiger partial charge in [-0.05, 0) is 92.9 Å². The van der Waals surface area contributed by atoms with Crippen molar-refractivity contribution in [3.8, 4) is 0 Å². The first-order valence-electron chi connectivity index (χ1n) is 7.53. The molecule has 5 aliphatic carbocycles. The molecule has 0 aromatic carbocycles. The molecular weight excluding hydrogens is 194 g/mol. The maximum atomic E-state index is 5.77. The van der Waals surface area contributed by atoms with Gasteiger partial charge < -0.3 is 5.73 Å². The molecule has 16 heavy (non-hydrogen) atoms. The quantitative estimate of drug-likeness (QED) is 0.759. The fourth-order valence-corrected chi connectivity index (χ4v) is 6.03. The highest BCUT2D eigenvalue weighted by molar-refractivity contribution is 5.02. The molecule has 1 nitrogen and oxygen atoms in total. The number of hydrogen-bond donors (Lipinski definition) is 1. The van der Waals surface area contributed by atoms with Gasteiger partial charge in [-0.15, -0.1) is 0 Å². The van der Waals surface area contributed by atoms with E-state index < -0.39 is 0 Å². The molecule has 5 fully saturated rings. The van der Waals surface area contributed by atoms with E-state index in [0.29, 0.717) is 0 Å². The van der Waals surface area contributed by atoms with Gasteiger partial charge >= 0.3 is 0 Å². The van der Waals surface area contributed by atoms with E-state index in [4.69, 9.17) is 5.73 Å². The Morgan fingerprint density at radius 1 is 0.688 bits per heavy atom. The summed E-state index contributed by atoms with van der Waals surface area (Å²) < 4.78 is 0. The Balaban J connectivity index is 1.49. The average Bonchev–Trinajstić information content (AvgIpc) is 2.19. The van der Waals surface area contributed by atoms with Crippen LogP contribution >= 0.6 is 0 Å². The number of rotatable bonds is 2. The summed E-state index contributed by atoms with van der Waals surface area (Å²) in [6, 6.07) is 0. The highest BCUT2D eigenvalue weighted by Crippen LogP contribution is 2.61. The highest BCUT2D eigenvalue weighted by atomic mass is 14.6. The van der Waals surface area contributed by atoms with Crippen LogP contribution in [-0.2, 0) is 0 Å². The second kappa shape index (κ2) is 3.48. The molecule has 5 rings (SSSR count). The SMILES string of the molecule is NCC1CC(C2C3CC4CC(C3)CC2C4)C1. The van der Waals surface area contributed by atoms with Crippen molar-refractivity contribution in [1.29, 1.82) is 0 Å².